The number of amides is 1. The molecule has 0 heterocycles. The zero-order chi connectivity index (χ0) is 13.6. The molecule has 0 bridgehead atoms. The van der Waals surface area contributed by atoms with Crippen molar-refractivity contribution in [3.63, 3.8) is 0 Å². The van der Waals surface area contributed by atoms with E-state index in [-0.39, 0.29) is 5.92 Å². The summed E-state index contributed by atoms with van der Waals surface area (Å²) in [6.07, 6.45) is 1.46. The summed E-state index contributed by atoms with van der Waals surface area (Å²) in [6, 6.07) is 0. The molecular formula is C10H20N2O3S2. The van der Waals surface area contributed by atoms with Crippen LogP contribution in [0.15, 0.2) is 0 Å². The number of nitrogens with zero attached hydrogens (tertiary/aromatic N) is 1. The molecule has 2 N–H and O–H groups in total. The van der Waals surface area contributed by atoms with Crippen molar-refractivity contribution < 1.29 is 13.2 Å². The molecule has 0 aliphatic rings. The van der Waals surface area contributed by atoms with Crippen LogP contribution < -0.4 is 5.73 Å². The molecule has 100 valence electrons. The number of rotatable bonds is 7. The van der Waals surface area contributed by atoms with Crippen molar-refractivity contribution in [3.8, 4) is 0 Å². The van der Waals surface area contributed by atoms with Crippen LogP contribution in [0.1, 0.15) is 20.3 Å². The number of hydrogen-bond donors (Lipinski definition) is 1. The van der Waals surface area contributed by atoms with Gasteiger partial charge in [0.15, 0.2) is 9.84 Å². The Morgan fingerprint density at radius 1 is 1.41 bits per heavy atom. The normalized spacial score (nSPS) is 11.5. The highest BCUT2D eigenvalue weighted by Gasteiger charge is 2.19. The molecule has 0 saturated heterocycles. The number of nitrogens with two attached hydrogens (primary N) is 1. The summed E-state index contributed by atoms with van der Waals surface area (Å²) in [5.41, 5.74) is 5.37. The number of thiocarbonyl (C=S) groups is 1. The molecular weight excluding hydrogens is 260 g/mol. The molecule has 0 aromatic carbocycles. The Balaban J connectivity index is 4.55. The van der Waals surface area contributed by atoms with Crippen LogP contribution in [0.25, 0.3) is 0 Å². The van der Waals surface area contributed by atoms with Gasteiger partial charge in [0.2, 0.25) is 5.91 Å². The maximum Gasteiger partial charge on any atom is 0.237 e. The summed E-state index contributed by atoms with van der Waals surface area (Å²) < 4.78 is 22.1. The van der Waals surface area contributed by atoms with Gasteiger partial charge >= 0.3 is 0 Å². The van der Waals surface area contributed by atoms with Crippen molar-refractivity contribution in [2.24, 2.45) is 11.7 Å². The molecule has 0 unspecified atom stereocenters. The highest BCUT2D eigenvalue weighted by atomic mass is 32.2. The molecule has 17 heavy (non-hydrogen) atoms. The van der Waals surface area contributed by atoms with E-state index >= 15 is 0 Å². The number of hydrogen-bond acceptors (Lipinski definition) is 4. The quantitative estimate of drug-likeness (QED) is 0.673. The van der Waals surface area contributed by atoms with Crippen molar-refractivity contribution in [2.75, 3.05) is 25.1 Å². The number of sulfone groups is 1. The van der Waals surface area contributed by atoms with Gasteiger partial charge < -0.3 is 10.6 Å². The fraction of sp³-hybridized carbons (Fsp3) is 0.800. The lowest BCUT2D eigenvalue weighted by molar-refractivity contribution is -0.128. The summed E-state index contributed by atoms with van der Waals surface area (Å²) in [6.45, 7) is 4.81. The van der Waals surface area contributed by atoms with Crippen molar-refractivity contribution in [1.29, 1.82) is 0 Å². The Bertz CT molecular complexity index is 377. The lowest BCUT2D eigenvalue weighted by Crippen LogP contribution is -2.39. The molecule has 0 atom stereocenters. The maximum absolute atomic E-state index is 11.8. The van der Waals surface area contributed by atoms with Gasteiger partial charge in [0, 0.05) is 25.8 Å². The van der Waals surface area contributed by atoms with Gasteiger partial charge in [0.25, 0.3) is 0 Å². The van der Waals surface area contributed by atoms with Crippen LogP contribution in [-0.4, -0.2) is 49.3 Å². The molecule has 0 radical (unpaired) electrons. The van der Waals surface area contributed by atoms with Gasteiger partial charge in [-0.1, -0.05) is 26.1 Å². The number of carbonyl (C=O) groups excluding carboxylic acids is 1. The van der Waals surface area contributed by atoms with Gasteiger partial charge in [0.1, 0.15) is 5.75 Å². The van der Waals surface area contributed by atoms with Crippen LogP contribution in [0.2, 0.25) is 0 Å². The summed E-state index contributed by atoms with van der Waals surface area (Å²) in [4.78, 5) is 13.6. The highest BCUT2D eigenvalue weighted by Crippen LogP contribution is 2.02. The first-order valence-corrected chi connectivity index (χ1v) is 7.82. The van der Waals surface area contributed by atoms with E-state index in [1.54, 1.807) is 0 Å². The van der Waals surface area contributed by atoms with Crippen molar-refractivity contribution in [3.05, 3.63) is 0 Å². The van der Waals surface area contributed by atoms with Gasteiger partial charge in [0.05, 0.1) is 4.99 Å². The van der Waals surface area contributed by atoms with Gasteiger partial charge in [-0.05, 0) is 5.92 Å². The SMILES string of the molecule is CC(C)CN(CCC(N)=S)C(=O)CS(C)(=O)=O. The van der Waals surface area contributed by atoms with E-state index in [0.717, 1.165) is 6.26 Å². The van der Waals surface area contributed by atoms with Gasteiger partial charge in [-0.3, -0.25) is 4.79 Å². The predicted molar refractivity (Wildman–Crippen MR) is 72.5 cm³/mol. The van der Waals surface area contributed by atoms with E-state index in [9.17, 15) is 13.2 Å². The first kappa shape index (κ1) is 16.3. The van der Waals surface area contributed by atoms with Crippen molar-refractivity contribution in [2.45, 2.75) is 20.3 Å². The first-order valence-electron chi connectivity index (χ1n) is 5.35. The van der Waals surface area contributed by atoms with E-state index in [1.807, 2.05) is 13.8 Å². The second-order valence-electron chi connectivity index (χ2n) is 4.52. The summed E-state index contributed by atoms with van der Waals surface area (Å²) in [5.74, 6) is -0.584. The minimum atomic E-state index is -3.30. The standard InChI is InChI=1S/C10H20N2O3S2/c1-8(2)6-12(5-4-9(11)16)10(13)7-17(3,14)15/h8H,4-7H2,1-3H3,(H2,11,16). The third kappa shape index (κ3) is 9.05. The van der Waals surface area contributed by atoms with E-state index in [0.29, 0.717) is 24.5 Å². The summed E-state index contributed by atoms with van der Waals surface area (Å²) in [7, 11) is -3.30. The fourth-order valence-corrected chi connectivity index (χ4v) is 2.04. The second-order valence-corrected chi connectivity index (χ2v) is 7.18. The molecule has 0 aromatic heterocycles. The van der Waals surface area contributed by atoms with Gasteiger partial charge in [-0.2, -0.15) is 0 Å². The van der Waals surface area contributed by atoms with Gasteiger partial charge in [-0.15, -0.1) is 0 Å². The smallest absolute Gasteiger partial charge is 0.237 e. The largest absolute Gasteiger partial charge is 0.393 e. The van der Waals surface area contributed by atoms with Crippen LogP contribution in [0.4, 0.5) is 0 Å². The second kappa shape index (κ2) is 6.90. The van der Waals surface area contributed by atoms with Gasteiger partial charge in [-0.25, -0.2) is 8.42 Å². The molecule has 0 saturated carbocycles. The fourth-order valence-electron chi connectivity index (χ4n) is 1.32. The van der Waals surface area contributed by atoms with Crippen LogP contribution in [0, 0.1) is 5.92 Å². The lowest BCUT2D eigenvalue weighted by Gasteiger charge is -2.24. The lowest BCUT2D eigenvalue weighted by atomic mass is 10.2. The number of carbonyl (C=O) groups is 1. The molecule has 0 aliphatic heterocycles. The van der Waals surface area contributed by atoms with E-state index in [2.05, 4.69) is 0 Å². The third-order valence-electron chi connectivity index (χ3n) is 1.95. The predicted octanol–water partition coefficient (Wildman–Crippen LogP) is 0.192. The minimum absolute atomic E-state index is 0.268. The first-order chi connectivity index (χ1) is 7.61. The topological polar surface area (TPSA) is 80.5 Å². The minimum Gasteiger partial charge on any atom is -0.393 e. The van der Waals surface area contributed by atoms with Crippen molar-refractivity contribution >= 4 is 33.0 Å². The molecule has 1 amide bonds. The van der Waals surface area contributed by atoms with E-state index in [4.69, 9.17) is 18.0 Å². The maximum atomic E-state index is 11.8. The zero-order valence-electron chi connectivity index (χ0n) is 10.5. The Hall–Kier alpha value is -0.690. The average molecular weight is 280 g/mol. The molecule has 0 rings (SSSR count). The molecule has 7 heteroatoms. The molecule has 5 nitrogen and oxygen atoms in total. The Labute approximate surface area is 108 Å². The van der Waals surface area contributed by atoms with Crippen LogP contribution in [0.5, 0.6) is 0 Å². The monoisotopic (exact) mass is 280 g/mol. The Morgan fingerprint density at radius 3 is 2.29 bits per heavy atom. The van der Waals surface area contributed by atoms with Crippen molar-refractivity contribution in [1.82, 2.24) is 4.90 Å². The molecule has 0 aromatic rings. The summed E-state index contributed by atoms with van der Waals surface area (Å²) >= 11 is 4.75. The zero-order valence-corrected chi connectivity index (χ0v) is 12.1. The van der Waals surface area contributed by atoms with Crippen LogP contribution in [0.3, 0.4) is 0 Å². The van der Waals surface area contributed by atoms with Crippen LogP contribution in [-0.2, 0) is 14.6 Å². The Morgan fingerprint density at radius 2 is 1.94 bits per heavy atom. The average Bonchev–Trinajstić information content (AvgIpc) is 2.08. The third-order valence-corrected chi connectivity index (χ3v) is 2.93. The van der Waals surface area contributed by atoms with E-state index in [1.165, 1.54) is 4.90 Å². The molecule has 0 fully saturated rings. The molecule has 0 spiro atoms. The Kier molecular flexibility index (Phi) is 6.62. The van der Waals surface area contributed by atoms with Crippen LogP contribution >= 0.6 is 12.2 Å². The van der Waals surface area contributed by atoms with E-state index < -0.39 is 21.5 Å². The molecule has 0 aliphatic carbocycles. The summed E-state index contributed by atoms with van der Waals surface area (Å²) in [5, 5.41) is 0. The highest BCUT2D eigenvalue weighted by molar-refractivity contribution is 7.91.